The maximum absolute atomic E-state index is 12.9. The first-order chi connectivity index (χ1) is 14.9. The zero-order valence-corrected chi connectivity index (χ0v) is 18.4. The minimum Gasteiger partial charge on any atom is -0.306 e. The number of nitrogens with one attached hydrogen (secondary N) is 1. The average Bonchev–Trinajstić information content (AvgIpc) is 3.20. The van der Waals surface area contributed by atoms with E-state index in [-0.39, 0.29) is 11.3 Å². The minimum atomic E-state index is -0.202. The van der Waals surface area contributed by atoms with E-state index in [1.54, 1.807) is 28.8 Å². The Kier molecular flexibility index (Phi) is 5.86. The smallest absolute Gasteiger partial charge is 0.256 e. The molecule has 4 rings (SSSR count). The molecule has 0 aliphatic rings. The Balaban J connectivity index is 1.56. The van der Waals surface area contributed by atoms with Gasteiger partial charge in [-0.05, 0) is 48.5 Å². The fraction of sp³-hybridized carbons (Fsp3) is 0.167. The normalized spacial score (nSPS) is 11.3. The minimum absolute atomic E-state index is 0.163. The zero-order chi connectivity index (χ0) is 21.8. The van der Waals surface area contributed by atoms with Crippen LogP contribution in [0, 0.1) is 0 Å². The van der Waals surface area contributed by atoms with Crippen LogP contribution in [-0.4, -0.2) is 25.7 Å². The Morgan fingerprint density at radius 2 is 1.65 bits per heavy atom. The van der Waals surface area contributed by atoms with Gasteiger partial charge < -0.3 is 5.32 Å². The van der Waals surface area contributed by atoms with Crippen LogP contribution in [0.25, 0.3) is 5.82 Å². The highest BCUT2D eigenvalue weighted by atomic mass is 32.2. The Morgan fingerprint density at radius 1 is 0.935 bits per heavy atom. The Labute approximate surface area is 185 Å². The van der Waals surface area contributed by atoms with Gasteiger partial charge in [-0.3, -0.25) is 4.79 Å². The van der Waals surface area contributed by atoms with Gasteiger partial charge in [-0.1, -0.05) is 44.7 Å². The SMILES string of the molecule is CC(C)(C)c1cc(NC(=O)c2ccc(Sc3ccccn3)cc2)n(-c2ccccn2)n1. The summed E-state index contributed by atoms with van der Waals surface area (Å²) in [5, 5.41) is 8.59. The number of rotatable bonds is 5. The highest BCUT2D eigenvalue weighted by molar-refractivity contribution is 7.99. The first-order valence-electron chi connectivity index (χ1n) is 9.92. The molecule has 3 heterocycles. The lowest BCUT2D eigenvalue weighted by Crippen LogP contribution is -2.15. The summed E-state index contributed by atoms with van der Waals surface area (Å²) >= 11 is 1.55. The van der Waals surface area contributed by atoms with Gasteiger partial charge in [-0.25, -0.2) is 9.97 Å². The number of amides is 1. The molecule has 7 heteroatoms. The van der Waals surface area contributed by atoms with Gasteiger partial charge in [-0.2, -0.15) is 9.78 Å². The molecule has 0 aliphatic carbocycles. The third-order valence-corrected chi connectivity index (χ3v) is 5.52. The van der Waals surface area contributed by atoms with E-state index >= 15 is 0 Å². The molecular formula is C24H23N5OS. The number of carbonyl (C=O) groups excluding carboxylic acids is 1. The molecule has 1 amide bonds. The Hall–Kier alpha value is -3.45. The van der Waals surface area contributed by atoms with E-state index in [0.717, 1.165) is 15.6 Å². The van der Waals surface area contributed by atoms with Gasteiger partial charge in [0.25, 0.3) is 5.91 Å². The van der Waals surface area contributed by atoms with Crippen LogP contribution >= 0.6 is 11.8 Å². The molecule has 0 spiro atoms. The van der Waals surface area contributed by atoms with Crippen molar-refractivity contribution in [2.24, 2.45) is 0 Å². The average molecular weight is 430 g/mol. The summed E-state index contributed by atoms with van der Waals surface area (Å²) in [5.74, 6) is 1.03. The highest BCUT2D eigenvalue weighted by Crippen LogP contribution is 2.27. The second kappa shape index (κ2) is 8.73. The lowest BCUT2D eigenvalue weighted by molar-refractivity contribution is 0.102. The van der Waals surface area contributed by atoms with Gasteiger partial charge in [-0.15, -0.1) is 0 Å². The molecule has 3 aromatic heterocycles. The number of aromatic nitrogens is 4. The van der Waals surface area contributed by atoms with E-state index in [1.807, 2.05) is 66.7 Å². The van der Waals surface area contributed by atoms with Gasteiger partial charge in [0.2, 0.25) is 0 Å². The summed E-state index contributed by atoms with van der Waals surface area (Å²) in [4.78, 5) is 22.6. The number of anilines is 1. The fourth-order valence-corrected chi connectivity index (χ4v) is 3.66. The van der Waals surface area contributed by atoms with Crippen molar-refractivity contribution < 1.29 is 4.79 Å². The predicted molar refractivity (Wildman–Crippen MR) is 123 cm³/mol. The molecule has 0 unspecified atom stereocenters. The van der Waals surface area contributed by atoms with Crippen LogP contribution in [0.2, 0.25) is 0 Å². The Bertz CT molecular complexity index is 1170. The van der Waals surface area contributed by atoms with Gasteiger partial charge in [0.1, 0.15) is 10.8 Å². The number of pyridine rings is 2. The third-order valence-electron chi connectivity index (χ3n) is 4.56. The van der Waals surface area contributed by atoms with Crippen LogP contribution in [0.1, 0.15) is 36.8 Å². The molecule has 0 aliphatic heterocycles. The van der Waals surface area contributed by atoms with Gasteiger partial charge in [0.05, 0.1) is 5.69 Å². The maximum Gasteiger partial charge on any atom is 0.256 e. The van der Waals surface area contributed by atoms with Crippen molar-refractivity contribution in [2.45, 2.75) is 36.1 Å². The summed E-state index contributed by atoms with van der Waals surface area (Å²) < 4.78 is 1.67. The second-order valence-electron chi connectivity index (χ2n) is 8.01. The van der Waals surface area contributed by atoms with Crippen molar-refractivity contribution >= 4 is 23.5 Å². The van der Waals surface area contributed by atoms with Crippen LogP contribution < -0.4 is 5.32 Å². The lowest BCUT2D eigenvalue weighted by Gasteiger charge is -2.13. The molecular weight excluding hydrogens is 406 g/mol. The predicted octanol–water partition coefficient (Wildman–Crippen LogP) is 5.36. The van der Waals surface area contributed by atoms with E-state index in [0.29, 0.717) is 17.2 Å². The number of benzene rings is 1. The highest BCUT2D eigenvalue weighted by Gasteiger charge is 2.22. The van der Waals surface area contributed by atoms with Crippen molar-refractivity contribution in [1.82, 2.24) is 19.7 Å². The van der Waals surface area contributed by atoms with Crippen molar-refractivity contribution in [2.75, 3.05) is 5.32 Å². The molecule has 0 saturated heterocycles. The number of hydrogen-bond acceptors (Lipinski definition) is 5. The number of carbonyl (C=O) groups is 1. The molecule has 156 valence electrons. The molecule has 0 radical (unpaired) electrons. The first kappa shape index (κ1) is 20.8. The molecule has 31 heavy (non-hydrogen) atoms. The van der Waals surface area contributed by atoms with Gasteiger partial charge in [0.15, 0.2) is 5.82 Å². The fourth-order valence-electron chi connectivity index (χ4n) is 2.88. The van der Waals surface area contributed by atoms with Gasteiger partial charge in [0, 0.05) is 34.3 Å². The van der Waals surface area contributed by atoms with E-state index in [9.17, 15) is 4.79 Å². The molecule has 0 bridgehead atoms. The largest absolute Gasteiger partial charge is 0.306 e. The number of nitrogens with zero attached hydrogens (tertiary/aromatic N) is 4. The van der Waals surface area contributed by atoms with Crippen molar-refractivity contribution in [3.05, 3.63) is 90.4 Å². The zero-order valence-electron chi connectivity index (χ0n) is 17.6. The third kappa shape index (κ3) is 5.00. The quantitative estimate of drug-likeness (QED) is 0.462. The van der Waals surface area contributed by atoms with E-state index in [2.05, 4.69) is 41.2 Å². The van der Waals surface area contributed by atoms with E-state index in [1.165, 1.54) is 0 Å². The van der Waals surface area contributed by atoms with Crippen LogP contribution in [0.3, 0.4) is 0 Å². The van der Waals surface area contributed by atoms with Crippen LogP contribution in [0.5, 0.6) is 0 Å². The molecule has 6 nitrogen and oxygen atoms in total. The first-order valence-corrected chi connectivity index (χ1v) is 10.7. The summed E-state index contributed by atoms with van der Waals surface area (Å²) in [6, 6.07) is 20.8. The van der Waals surface area contributed by atoms with E-state index < -0.39 is 0 Å². The van der Waals surface area contributed by atoms with Crippen LogP contribution in [-0.2, 0) is 5.41 Å². The topological polar surface area (TPSA) is 72.7 Å². The van der Waals surface area contributed by atoms with Crippen molar-refractivity contribution in [3.8, 4) is 5.82 Å². The molecule has 0 atom stereocenters. The molecule has 0 fully saturated rings. The summed E-state index contributed by atoms with van der Waals surface area (Å²) in [6.07, 6.45) is 3.47. The summed E-state index contributed by atoms with van der Waals surface area (Å²) in [6.45, 7) is 6.26. The van der Waals surface area contributed by atoms with Crippen molar-refractivity contribution in [3.63, 3.8) is 0 Å². The molecule has 0 saturated carbocycles. The standard InChI is InChI=1S/C24H23N5OS/c1-24(2,3)19-16-21(29(28-19)20-8-4-6-14-25-20)27-23(30)17-10-12-18(13-11-17)31-22-9-5-7-15-26-22/h4-16H,1-3H3,(H,27,30). The molecule has 4 aromatic rings. The molecule has 1 aromatic carbocycles. The monoisotopic (exact) mass is 429 g/mol. The summed E-state index contributed by atoms with van der Waals surface area (Å²) in [7, 11) is 0. The van der Waals surface area contributed by atoms with Crippen LogP contribution in [0.15, 0.2) is 89.0 Å². The van der Waals surface area contributed by atoms with E-state index in [4.69, 9.17) is 0 Å². The molecule has 1 N–H and O–H groups in total. The van der Waals surface area contributed by atoms with Gasteiger partial charge >= 0.3 is 0 Å². The maximum atomic E-state index is 12.9. The van der Waals surface area contributed by atoms with Crippen LogP contribution in [0.4, 0.5) is 5.82 Å². The lowest BCUT2D eigenvalue weighted by atomic mass is 9.92. The second-order valence-corrected chi connectivity index (χ2v) is 9.11. The summed E-state index contributed by atoms with van der Waals surface area (Å²) in [5.41, 5.74) is 1.27. The van der Waals surface area contributed by atoms with Crippen molar-refractivity contribution in [1.29, 1.82) is 0 Å². The number of hydrogen-bond donors (Lipinski definition) is 1. The Morgan fingerprint density at radius 3 is 2.26 bits per heavy atom.